The largest absolute Gasteiger partial charge is 0.372 e. The minimum atomic E-state index is 0.0886. The second-order valence-electron chi connectivity index (χ2n) is 7.15. The molecule has 2 aliphatic carbocycles. The van der Waals surface area contributed by atoms with Crippen LogP contribution in [-0.4, -0.2) is 17.2 Å². The normalized spacial score (nSPS) is 34.8. The van der Waals surface area contributed by atoms with Gasteiger partial charge in [0.05, 0.1) is 11.7 Å². The number of nitrogens with two attached hydrogens (primary N) is 1. The smallest absolute Gasteiger partial charge is 0.0687 e. The zero-order valence-electron chi connectivity index (χ0n) is 11.8. The Kier molecular flexibility index (Phi) is 3.68. The van der Waals surface area contributed by atoms with Crippen molar-refractivity contribution in [2.24, 2.45) is 5.73 Å². The van der Waals surface area contributed by atoms with E-state index in [1.54, 1.807) is 0 Å². The molecule has 104 valence electrons. The van der Waals surface area contributed by atoms with E-state index in [2.05, 4.69) is 0 Å². The van der Waals surface area contributed by atoms with Crippen LogP contribution in [0, 0.1) is 0 Å². The van der Waals surface area contributed by atoms with Crippen LogP contribution in [0.2, 0.25) is 0 Å². The highest BCUT2D eigenvalue weighted by Crippen LogP contribution is 2.45. The van der Waals surface area contributed by atoms with Crippen LogP contribution in [-0.2, 0) is 4.74 Å². The second kappa shape index (κ2) is 5.13. The van der Waals surface area contributed by atoms with Crippen molar-refractivity contribution in [1.29, 1.82) is 0 Å². The van der Waals surface area contributed by atoms with Crippen LogP contribution < -0.4 is 5.73 Å². The Morgan fingerprint density at radius 1 is 0.833 bits per heavy atom. The van der Waals surface area contributed by atoms with E-state index in [0.717, 1.165) is 6.42 Å². The van der Waals surface area contributed by atoms with E-state index in [1.807, 2.05) is 0 Å². The lowest BCUT2D eigenvalue weighted by Crippen LogP contribution is -2.42. The third kappa shape index (κ3) is 2.75. The van der Waals surface area contributed by atoms with Gasteiger partial charge in [0.2, 0.25) is 0 Å². The van der Waals surface area contributed by atoms with E-state index >= 15 is 0 Å². The average molecular weight is 251 g/mol. The lowest BCUT2D eigenvalue weighted by molar-refractivity contribution is -0.0469. The first kappa shape index (κ1) is 12.9. The van der Waals surface area contributed by atoms with Crippen LogP contribution in [0.3, 0.4) is 0 Å². The first-order valence-electron chi connectivity index (χ1n) is 8.17. The van der Waals surface area contributed by atoms with Crippen molar-refractivity contribution in [1.82, 2.24) is 0 Å². The van der Waals surface area contributed by atoms with E-state index in [1.165, 1.54) is 77.0 Å². The Bertz CT molecular complexity index is 275. The van der Waals surface area contributed by atoms with Crippen molar-refractivity contribution < 1.29 is 4.74 Å². The Morgan fingerprint density at radius 3 is 2.11 bits per heavy atom. The summed E-state index contributed by atoms with van der Waals surface area (Å²) in [5, 5.41) is 0. The van der Waals surface area contributed by atoms with Gasteiger partial charge < -0.3 is 10.5 Å². The Morgan fingerprint density at radius 2 is 1.44 bits per heavy atom. The van der Waals surface area contributed by atoms with E-state index in [9.17, 15) is 0 Å². The Hall–Kier alpha value is -0.0800. The van der Waals surface area contributed by atoms with Gasteiger partial charge in [0, 0.05) is 5.54 Å². The van der Waals surface area contributed by atoms with E-state index in [0.29, 0.717) is 6.10 Å². The molecule has 1 saturated heterocycles. The fraction of sp³-hybridized carbons (Fsp3) is 1.00. The SMILES string of the molecule is NC1(CC2CCC3(CCCC3)O2)CCCCCC1. The Labute approximate surface area is 112 Å². The van der Waals surface area contributed by atoms with Gasteiger partial charge >= 0.3 is 0 Å². The summed E-state index contributed by atoms with van der Waals surface area (Å²) in [4.78, 5) is 0. The number of hydrogen-bond donors (Lipinski definition) is 1. The molecule has 0 aromatic heterocycles. The predicted molar refractivity (Wildman–Crippen MR) is 74.5 cm³/mol. The molecule has 2 saturated carbocycles. The highest BCUT2D eigenvalue weighted by atomic mass is 16.5. The molecule has 1 spiro atoms. The molecule has 0 aromatic rings. The summed E-state index contributed by atoms with van der Waals surface area (Å²) in [5.74, 6) is 0. The molecule has 1 atom stereocenters. The minimum absolute atomic E-state index is 0.0886. The van der Waals surface area contributed by atoms with Crippen LogP contribution >= 0.6 is 0 Å². The molecule has 0 aromatic carbocycles. The van der Waals surface area contributed by atoms with Gasteiger partial charge in [-0.25, -0.2) is 0 Å². The molecule has 2 nitrogen and oxygen atoms in total. The van der Waals surface area contributed by atoms with Crippen molar-refractivity contribution in [2.45, 2.75) is 101 Å². The van der Waals surface area contributed by atoms with Gasteiger partial charge in [-0.05, 0) is 44.9 Å². The first-order valence-corrected chi connectivity index (χ1v) is 8.17. The molecule has 1 aliphatic heterocycles. The molecule has 2 heteroatoms. The average Bonchev–Trinajstić information content (AvgIpc) is 2.89. The summed E-state index contributed by atoms with van der Waals surface area (Å²) in [5.41, 5.74) is 7.02. The minimum Gasteiger partial charge on any atom is -0.372 e. The number of ether oxygens (including phenoxy) is 1. The highest BCUT2D eigenvalue weighted by Gasteiger charge is 2.44. The standard InChI is InChI=1S/C16H29NO/c17-15(8-3-1-2-4-9-15)13-14-7-12-16(18-14)10-5-6-11-16/h14H,1-13,17H2. The molecule has 0 bridgehead atoms. The van der Waals surface area contributed by atoms with Crippen LogP contribution in [0.25, 0.3) is 0 Å². The zero-order chi connectivity index (χ0) is 12.5. The van der Waals surface area contributed by atoms with Crippen molar-refractivity contribution >= 4 is 0 Å². The fourth-order valence-corrected chi connectivity index (χ4v) is 4.52. The van der Waals surface area contributed by atoms with Crippen molar-refractivity contribution in [3.63, 3.8) is 0 Å². The van der Waals surface area contributed by atoms with E-state index in [-0.39, 0.29) is 11.1 Å². The summed E-state index contributed by atoms with van der Waals surface area (Å²) in [7, 11) is 0. The second-order valence-corrected chi connectivity index (χ2v) is 7.15. The first-order chi connectivity index (χ1) is 8.70. The van der Waals surface area contributed by atoms with Gasteiger partial charge in [-0.15, -0.1) is 0 Å². The van der Waals surface area contributed by atoms with Crippen LogP contribution in [0.1, 0.15) is 83.5 Å². The third-order valence-electron chi connectivity index (χ3n) is 5.59. The maximum Gasteiger partial charge on any atom is 0.0687 e. The predicted octanol–water partition coefficient (Wildman–Crippen LogP) is 3.92. The molecule has 0 amide bonds. The maximum atomic E-state index is 6.65. The summed E-state index contributed by atoms with van der Waals surface area (Å²) in [6.07, 6.45) is 17.4. The van der Waals surface area contributed by atoms with E-state index < -0.39 is 0 Å². The van der Waals surface area contributed by atoms with Gasteiger partial charge in [-0.3, -0.25) is 0 Å². The molecule has 0 radical (unpaired) electrons. The number of rotatable bonds is 2. The molecule has 3 aliphatic rings. The zero-order valence-corrected chi connectivity index (χ0v) is 11.8. The topological polar surface area (TPSA) is 35.2 Å². The third-order valence-corrected chi connectivity index (χ3v) is 5.59. The van der Waals surface area contributed by atoms with Crippen LogP contribution in [0.15, 0.2) is 0 Å². The lowest BCUT2D eigenvalue weighted by Gasteiger charge is -2.32. The summed E-state index contributed by atoms with van der Waals surface area (Å²) in [6, 6.07) is 0. The summed E-state index contributed by atoms with van der Waals surface area (Å²) >= 11 is 0. The molecule has 3 fully saturated rings. The number of hydrogen-bond acceptors (Lipinski definition) is 2. The van der Waals surface area contributed by atoms with Crippen LogP contribution in [0.4, 0.5) is 0 Å². The Balaban J connectivity index is 1.56. The highest BCUT2D eigenvalue weighted by molar-refractivity contribution is 4.96. The van der Waals surface area contributed by atoms with Crippen molar-refractivity contribution in [2.75, 3.05) is 0 Å². The fourth-order valence-electron chi connectivity index (χ4n) is 4.52. The summed E-state index contributed by atoms with van der Waals surface area (Å²) < 4.78 is 6.44. The molecular weight excluding hydrogens is 222 g/mol. The van der Waals surface area contributed by atoms with Gasteiger partial charge in [0.25, 0.3) is 0 Å². The summed E-state index contributed by atoms with van der Waals surface area (Å²) in [6.45, 7) is 0. The molecule has 1 unspecified atom stereocenters. The van der Waals surface area contributed by atoms with Crippen molar-refractivity contribution in [3.05, 3.63) is 0 Å². The molecule has 2 N–H and O–H groups in total. The maximum absolute atomic E-state index is 6.65. The lowest BCUT2D eigenvalue weighted by atomic mass is 9.85. The quantitative estimate of drug-likeness (QED) is 0.755. The van der Waals surface area contributed by atoms with E-state index in [4.69, 9.17) is 10.5 Å². The van der Waals surface area contributed by atoms with Crippen LogP contribution in [0.5, 0.6) is 0 Å². The molecule has 1 heterocycles. The van der Waals surface area contributed by atoms with Gasteiger partial charge in [-0.2, -0.15) is 0 Å². The molecule has 3 rings (SSSR count). The molecular formula is C16H29NO. The molecule has 18 heavy (non-hydrogen) atoms. The van der Waals surface area contributed by atoms with Crippen molar-refractivity contribution in [3.8, 4) is 0 Å². The monoisotopic (exact) mass is 251 g/mol. The van der Waals surface area contributed by atoms with Gasteiger partial charge in [0.1, 0.15) is 0 Å². The van der Waals surface area contributed by atoms with Gasteiger partial charge in [0.15, 0.2) is 0 Å². The van der Waals surface area contributed by atoms with Gasteiger partial charge in [-0.1, -0.05) is 38.5 Å².